The summed E-state index contributed by atoms with van der Waals surface area (Å²) < 4.78 is 10.8. The summed E-state index contributed by atoms with van der Waals surface area (Å²) >= 11 is 5.86. The molecule has 0 bridgehead atoms. The summed E-state index contributed by atoms with van der Waals surface area (Å²) in [6.07, 6.45) is 0. The molecule has 2 N–H and O–H groups in total. The molecule has 0 aliphatic rings. The quantitative estimate of drug-likeness (QED) is 0.617. The molecule has 3 nitrogen and oxygen atoms in total. The molecular formula is C12H18ClNO2. The van der Waals surface area contributed by atoms with Gasteiger partial charge in [0.25, 0.3) is 0 Å². The molecule has 0 aliphatic carbocycles. The average molecular weight is 244 g/mol. The summed E-state index contributed by atoms with van der Waals surface area (Å²) in [7, 11) is 0. The molecule has 0 radical (unpaired) electrons. The van der Waals surface area contributed by atoms with Crippen LogP contribution in [0, 0.1) is 5.92 Å². The number of anilines is 1. The highest BCUT2D eigenvalue weighted by Gasteiger charge is 1.99. The van der Waals surface area contributed by atoms with Gasteiger partial charge in [0, 0.05) is 12.7 Å². The van der Waals surface area contributed by atoms with Crippen molar-refractivity contribution in [3.8, 4) is 5.75 Å². The maximum absolute atomic E-state index is 5.86. The summed E-state index contributed by atoms with van der Waals surface area (Å²) in [5.74, 6) is 1.26. The molecule has 0 saturated carbocycles. The van der Waals surface area contributed by atoms with Crippen LogP contribution in [0.15, 0.2) is 18.2 Å². The third kappa shape index (κ3) is 4.73. The van der Waals surface area contributed by atoms with Crippen molar-refractivity contribution in [1.82, 2.24) is 0 Å². The topological polar surface area (TPSA) is 44.5 Å². The number of hydrogen-bond donors (Lipinski definition) is 1. The molecule has 16 heavy (non-hydrogen) atoms. The van der Waals surface area contributed by atoms with Gasteiger partial charge in [0.05, 0.1) is 17.3 Å². The van der Waals surface area contributed by atoms with E-state index in [4.69, 9.17) is 26.8 Å². The van der Waals surface area contributed by atoms with Crippen molar-refractivity contribution >= 4 is 17.3 Å². The second-order valence-electron chi connectivity index (χ2n) is 4.00. The second kappa shape index (κ2) is 6.61. The molecule has 0 aliphatic heterocycles. The standard InChI is InChI=1S/C12H18ClNO2/c1-9(2)8-15-5-6-16-10-3-4-12(14)11(13)7-10/h3-4,7,9H,5-6,8,14H2,1-2H3. The number of benzene rings is 1. The number of nitrogens with two attached hydrogens (primary N) is 1. The summed E-state index contributed by atoms with van der Waals surface area (Å²) in [6, 6.07) is 5.23. The Labute approximate surface area is 101 Å². The first kappa shape index (κ1) is 13.1. The minimum atomic E-state index is 0.514. The lowest BCUT2D eigenvalue weighted by molar-refractivity contribution is 0.0819. The van der Waals surface area contributed by atoms with E-state index in [2.05, 4.69) is 13.8 Å². The first-order chi connectivity index (χ1) is 7.59. The van der Waals surface area contributed by atoms with E-state index in [1.54, 1.807) is 18.2 Å². The number of hydrogen-bond acceptors (Lipinski definition) is 3. The molecule has 90 valence electrons. The Morgan fingerprint density at radius 1 is 1.31 bits per heavy atom. The molecule has 0 unspecified atom stereocenters. The number of rotatable bonds is 6. The van der Waals surface area contributed by atoms with E-state index >= 15 is 0 Å². The van der Waals surface area contributed by atoms with Gasteiger partial charge in [-0.15, -0.1) is 0 Å². The van der Waals surface area contributed by atoms with Gasteiger partial charge in [0.15, 0.2) is 0 Å². The van der Waals surface area contributed by atoms with E-state index in [9.17, 15) is 0 Å². The van der Waals surface area contributed by atoms with Gasteiger partial charge in [-0.1, -0.05) is 25.4 Å². The van der Waals surface area contributed by atoms with Crippen molar-refractivity contribution < 1.29 is 9.47 Å². The Bertz CT molecular complexity index is 329. The van der Waals surface area contributed by atoms with Crippen LogP contribution in [-0.2, 0) is 4.74 Å². The molecule has 0 heterocycles. The zero-order valence-corrected chi connectivity index (χ0v) is 10.5. The molecule has 0 atom stereocenters. The molecule has 0 saturated heterocycles. The average Bonchev–Trinajstić information content (AvgIpc) is 2.22. The first-order valence-electron chi connectivity index (χ1n) is 5.35. The molecule has 0 amide bonds. The Morgan fingerprint density at radius 3 is 2.69 bits per heavy atom. The Kier molecular flexibility index (Phi) is 5.43. The summed E-state index contributed by atoms with van der Waals surface area (Å²) in [6.45, 7) is 6.08. The fourth-order valence-electron chi connectivity index (χ4n) is 1.14. The summed E-state index contributed by atoms with van der Waals surface area (Å²) in [4.78, 5) is 0. The molecule has 0 fully saturated rings. The van der Waals surface area contributed by atoms with Crippen LogP contribution in [0.2, 0.25) is 5.02 Å². The summed E-state index contributed by atoms with van der Waals surface area (Å²) in [5, 5.41) is 0.514. The zero-order valence-electron chi connectivity index (χ0n) is 9.70. The highest BCUT2D eigenvalue weighted by atomic mass is 35.5. The van der Waals surface area contributed by atoms with Crippen LogP contribution in [0.1, 0.15) is 13.8 Å². The first-order valence-corrected chi connectivity index (χ1v) is 5.73. The highest BCUT2D eigenvalue weighted by Crippen LogP contribution is 2.23. The van der Waals surface area contributed by atoms with Crippen LogP contribution in [0.4, 0.5) is 5.69 Å². The molecule has 0 spiro atoms. The molecule has 1 aromatic carbocycles. The van der Waals surface area contributed by atoms with E-state index < -0.39 is 0 Å². The third-order valence-corrected chi connectivity index (χ3v) is 2.25. The minimum Gasteiger partial charge on any atom is -0.491 e. The van der Waals surface area contributed by atoms with Crippen LogP contribution in [0.5, 0.6) is 5.75 Å². The van der Waals surface area contributed by atoms with Gasteiger partial charge >= 0.3 is 0 Å². The van der Waals surface area contributed by atoms with Gasteiger partial charge in [-0.25, -0.2) is 0 Å². The predicted molar refractivity (Wildman–Crippen MR) is 67.0 cm³/mol. The molecule has 4 heteroatoms. The third-order valence-electron chi connectivity index (χ3n) is 1.92. The van der Waals surface area contributed by atoms with E-state index in [0.717, 1.165) is 6.61 Å². The van der Waals surface area contributed by atoms with E-state index in [1.807, 2.05) is 0 Å². The predicted octanol–water partition coefficient (Wildman–Crippen LogP) is 2.97. The lowest BCUT2D eigenvalue weighted by atomic mass is 10.2. The SMILES string of the molecule is CC(C)COCCOc1ccc(N)c(Cl)c1. The van der Waals surface area contributed by atoms with Gasteiger partial charge < -0.3 is 15.2 Å². The lowest BCUT2D eigenvalue weighted by Gasteiger charge is -2.09. The number of halogens is 1. The van der Waals surface area contributed by atoms with E-state index in [-0.39, 0.29) is 0 Å². The fraction of sp³-hybridized carbons (Fsp3) is 0.500. The van der Waals surface area contributed by atoms with Crippen molar-refractivity contribution in [3.05, 3.63) is 23.2 Å². The largest absolute Gasteiger partial charge is 0.491 e. The van der Waals surface area contributed by atoms with Gasteiger partial charge in [0.2, 0.25) is 0 Å². The van der Waals surface area contributed by atoms with Crippen LogP contribution in [0.3, 0.4) is 0 Å². The van der Waals surface area contributed by atoms with Gasteiger partial charge in [-0.05, 0) is 18.1 Å². The molecule has 1 aromatic rings. The fourth-order valence-corrected chi connectivity index (χ4v) is 1.31. The minimum absolute atomic E-state index is 0.514. The molecule has 0 aromatic heterocycles. The van der Waals surface area contributed by atoms with Crippen LogP contribution in [0.25, 0.3) is 0 Å². The zero-order chi connectivity index (χ0) is 12.0. The normalized spacial score (nSPS) is 10.8. The van der Waals surface area contributed by atoms with Crippen molar-refractivity contribution in [1.29, 1.82) is 0 Å². The Morgan fingerprint density at radius 2 is 2.06 bits per heavy atom. The smallest absolute Gasteiger partial charge is 0.121 e. The van der Waals surface area contributed by atoms with E-state index in [1.165, 1.54) is 0 Å². The lowest BCUT2D eigenvalue weighted by Crippen LogP contribution is -2.10. The van der Waals surface area contributed by atoms with Crippen LogP contribution in [-0.4, -0.2) is 19.8 Å². The monoisotopic (exact) mass is 243 g/mol. The molecular weight excluding hydrogens is 226 g/mol. The van der Waals surface area contributed by atoms with Crippen molar-refractivity contribution in [3.63, 3.8) is 0 Å². The van der Waals surface area contributed by atoms with Gasteiger partial charge in [-0.2, -0.15) is 0 Å². The summed E-state index contributed by atoms with van der Waals surface area (Å²) in [5.41, 5.74) is 6.15. The van der Waals surface area contributed by atoms with Crippen molar-refractivity contribution in [2.75, 3.05) is 25.6 Å². The number of ether oxygens (including phenoxy) is 2. The van der Waals surface area contributed by atoms with Gasteiger partial charge in [-0.3, -0.25) is 0 Å². The van der Waals surface area contributed by atoms with Gasteiger partial charge in [0.1, 0.15) is 12.4 Å². The Balaban J connectivity index is 2.24. The highest BCUT2D eigenvalue weighted by molar-refractivity contribution is 6.33. The maximum atomic E-state index is 5.86. The molecule has 1 rings (SSSR count). The number of nitrogen functional groups attached to an aromatic ring is 1. The van der Waals surface area contributed by atoms with Crippen LogP contribution >= 0.6 is 11.6 Å². The van der Waals surface area contributed by atoms with Crippen molar-refractivity contribution in [2.45, 2.75) is 13.8 Å². The Hall–Kier alpha value is -0.930. The van der Waals surface area contributed by atoms with E-state index in [0.29, 0.717) is 35.6 Å². The van der Waals surface area contributed by atoms with Crippen LogP contribution < -0.4 is 10.5 Å². The second-order valence-corrected chi connectivity index (χ2v) is 4.41. The maximum Gasteiger partial charge on any atom is 0.121 e. The van der Waals surface area contributed by atoms with Crippen molar-refractivity contribution in [2.24, 2.45) is 5.92 Å².